The molecular formula is C10H9N. The molecule has 0 amide bonds. The Hall–Kier alpha value is -1.50. The van der Waals surface area contributed by atoms with Crippen LogP contribution < -0.4 is 0 Å². The second-order valence-corrected chi connectivity index (χ2v) is 2.18. The number of hydrogen-bond donors (Lipinski definition) is 0. The highest BCUT2D eigenvalue weighted by atomic mass is 14.9. The van der Waals surface area contributed by atoms with Gasteiger partial charge in [0.15, 0.2) is 0 Å². The van der Waals surface area contributed by atoms with Gasteiger partial charge >= 0.3 is 0 Å². The van der Waals surface area contributed by atoms with Crippen molar-refractivity contribution in [2.45, 2.75) is 0 Å². The lowest BCUT2D eigenvalue weighted by Crippen LogP contribution is -1.86. The first-order valence-electron chi connectivity index (χ1n) is 4.89. The monoisotopic (exact) mass is 146 g/mol. The minimum absolute atomic E-state index is 0.205. The van der Waals surface area contributed by atoms with E-state index >= 15 is 0 Å². The van der Waals surface area contributed by atoms with Gasteiger partial charge in [-0.2, -0.15) is 0 Å². The summed E-state index contributed by atoms with van der Waals surface area (Å²) < 4.78 is 24.4. The smallest absolute Gasteiger partial charge is 0.0645 e. The van der Waals surface area contributed by atoms with Crippen molar-refractivity contribution in [3.63, 3.8) is 0 Å². The average Bonchev–Trinajstić information content (AvgIpc) is 2.54. The van der Waals surface area contributed by atoms with Crippen LogP contribution in [0, 0.1) is 0 Å². The summed E-state index contributed by atoms with van der Waals surface area (Å²) in [5, 5.41) is 0. The van der Waals surface area contributed by atoms with Crippen LogP contribution in [0.15, 0.2) is 54.8 Å². The maximum Gasteiger partial charge on any atom is 0.0645 e. The lowest BCUT2D eigenvalue weighted by atomic mass is 10.3. The third-order valence-corrected chi connectivity index (χ3v) is 1.45. The Bertz CT molecular complexity index is 425. The Balaban J connectivity index is 2.64. The standard InChI is InChI=1S/C10H9N/c1-2-6-10(7-3-1)11-8-4-5-9-11/h1-9H/i1D,6D,7D. The van der Waals surface area contributed by atoms with Crippen LogP contribution in [0.4, 0.5) is 0 Å². The molecule has 11 heavy (non-hydrogen) atoms. The molecule has 0 aliphatic rings. The molecule has 1 heterocycles. The zero-order valence-corrected chi connectivity index (χ0v) is 5.91. The SMILES string of the molecule is [2H]c1cc([2H])c(-n2cccc2)c([2H])c1. The summed E-state index contributed by atoms with van der Waals surface area (Å²) in [7, 11) is 0. The third-order valence-electron chi connectivity index (χ3n) is 1.45. The normalized spacial score (nSPS) is 13.6. The molecule has 1 aromatic heterocycles. The summed E-state index contributed by atoms with van der Waals surface area (Å²) in [6.45, 7) is 0. The van der Waals surface area contributed by atoms with Gasteiger partial charge < -0.3 is 4.57 Å². The first kappa shape index (κ1) is 3.77. The van der Waals surface area contributed by atoms with Crippen LogP contribution in [0.25, 0.3) is 5.69 Å². The van der Waals surface area contributed by atoms with Crippen LogP contribution in [0.5, 0.6) is 0 Å². The van der Waals surface area contributed by atoms with E-state index in [1.165, 1.54) is 12.1 Å². The number of nitrogens with zero attached hydrogens (tertiary/aromatic N) is 1. The highest BCUT2D eigenvalue weighted by Crippen LogP contribution is 2.05. The van der Waals surface area contributed by atoms with E-state index in [0.29, 0.717) is 5.69 Å². The molecule has 0 spiro atoms. The molecule has 0 radical (unpaired) electrons. The van der Waals surface area contributed by atoms with Crippen molar-refractivity contribution in [3.05, 3.63) is 54.8 Å². The number of para-hydroxylation sites is 1. The molecule has 0 saturated carbocycles. The Kier molecular flexibility index (Phi) is 0.898. The fourth-order valence-electron chi connectivity index (χ4n) is 0.936. The minimum Gasteiger partial charge on any atom is -0.324 e. The summed E-state index contributed by atoms with van der Waals surface area (Å²) in [4.78, 5) is 0. The Morgan fingerprint density at radius 1 is 1.00 bits per heavy atom. The molecule has 1 nitrogen and oxygen atoms in total. The van der Waals surface area contributed by atoms with Crippen molar-refractivity contribution in [3.8, 4) is 5.69 Å². The van der Waals surface area contributed by atoms with Crippen LogP contribution in [0.3, 0.4) is 0 Å². The molecule has 1 aromatic carbocycles. The van der Waals surface area contributed by atoms with Gasteiger partial charge in [-0.05, 0) is 24.2 Å². The van der Waals surface area contributed by atoms with Crippen LogP contribution in [0.1, 0.15) is 4.11 Å². The van der Waals surface area contributed by atoms with E-state index < -0.39 is 0 Å². The van der Waals surface area contributed by atoms with E-state index in [1.54, 1.807) is 17.0 Å². The fraction of sp³-hybridized carbons (Fsp3) is 0. The van der Waals surface area contributed by atoms with Crippen molar-refractivity contribution >= 4 is 0 Å². The van der Waals surface area contributed by atoms with Gasteiger partial charge in [-0.25, -0.2) is 0 Å². The van der Waals surface area contributed by atoms with E-state index in [9.17, 15) is 0 Å². The van der Waals surface area contributed by atoms with Crippen molar-refractivity contribution in [2.75, 3.05) is 0 Å². The van der Waals surface area contributed by atoms with E-state index in [4.69, 9.17) is 4.11 Å². The van der Waals surface area contributed by atoms with E-state index in [-0.39, 0.29) is 18.1 Å². The first-order chi connectivity index (χ1) is 6.68. The van der Waals surface area contributed by atoms with Gasteiger partial charge in [0.1, 0.15) is 0 Å². The topological polar surface area (TPSA) is 4.93 Å². The number of benzene rings is 1. The average molecular weight is 146 g/mol. The molecule has 1 heteroatoms. The Morgan fingerprint density at radius 2 is 1.64 bits per heavy atom. The van der Waals surface area contributed by atoms with E-state index in [2.05, 4.69) is 0 Å². The highest BCUT2D eigenvalue weighted by molar-refractivity contribution is 5.31. The molecule has 2 rings (SSSR count). The highest BCUT2D eigenvalue weighted by Gasteiger charge is 1.88. The van der Waals surface area contributed by atoms with Gasteiger partial charge in [0.2, 0.25) is 0 Å². The molecule has 2 aromatic rings. The van der Waals surface area contributed by atoms with Gasteiger partial charge in [-0.3, -0.25) is 0 Å². The maximum atomic E-state index is 7.67. The Labute approximate surface area is 70.1 Å². The largest absolute Gasteiger partial charge is 0.324 e. The van der Waals surface area contributed by atoms with Gasteiger partial charge in [-0.15, -0.1) is 0 Å². The molecule has 0 saturated heterocycles. The molecule has 0 fully saturated rings. The van der Waals surface area contributed by atoms with Crippen LogP contribution in [-0.2, 0) is 0 Å². The third kappa shape index (κ3) is 1.17. The van der Waals surface area contributed by atoms with E-state index in [1.807, 2.05) is 12.1 Å². The number of rotatable bonds is 1. The van der Waals surface area contributed by atoms with E-state index in [0.717, 1.165) is 0 Å². The zero-order chi connectivity index (χ0) is 10.1. The number of hydrogen-bond acceptors (Lipinski definition) is 0. The fourth-order valence-corrected chi connectivity index (χ4v) is 0.936. The zero-order valence-electron chi connectivity index (χ0n) is 8.91. The second-order valence-electron chi connectivity index (χ2n) is 2.18. The molecule has 0 N–H and O–H groups in total. The first-order valence-corrected chi connectivity index (χ1v) is 3.39. The predicted octanol–water partition coefficient (Wildman–Crippen LogP) is 2.48. The molecule has 0 unspecified atom stereocenters. The molecular weight excluding hydrogens is 134 g/mol. The van der Waals surface area contributed by atoms with Crippen LogP contribution in [-0.4, -0.2) is 4.57 Å². The van der Waals surface area contributed by atoms with Crippen molar-refractivity contribution in [2.24, 2.45) is 0 Å². The predicted molar refractivity (Wildman–Crippen MR) is 45.8 cm³/mol. The summed E-state index contributed by atoms with van der Waals surface area (Å²) in [6, 6.07) is 7.18. The summed E-state index contributed by atoms with van der Waals surface area (Å²) in [5.74, 6) is 0. The molecule has 0 aliphatic heterocycles. The Morgan fingerprint density at radius 3 is 2.27 bits per heavy atom. The second kappa shape index (κ2) is 2.62. The van der Waals surface area contributed by atoms with Crippen molar-refractivity contribution in [1.82, 2.24) is 4.57 Å². The van der Waals surface area contributed by atoms with Gasteiger partial charge in [-0.1, -0.05) is 18.2 Å². The van der Waals surface area contributed by atoms with Crippen LogP contribution in [0.2, 0.25) is 0 Å². The lowest BCUT2D eigenvalue weighted by Gasteiger charge is -1.99. The molecule has 0 bridgehead atoms. The summed E-state index contributed by atoms with van der Waals surface area (Å²) >= 11 is 0. The molecule has 0 atom stereocenters. The lowest BCUT2D eigenvalue weighted by molar-refractivity contribution is 1.08. The van der Waals surface area contributed by atoms with Crippen molar-refractivity contribution in [1.29, 1.82) is 0 Å². The van der Waals surface area contributed by atoms with Gasteiger partial charge in [0.25, 0.3) is 0 Å². The van der Waals surface area contributed by atoms with Gasteiger partial charge in [0, 0.05) is 18.1 Å². The quantitative estimate of drug-likeness (QED) is 0.582. The maximum absolute atomic E-state index is 7.67. The number of aromatic nitrogens is 1. The molecule has 0 aliphatic carbocycles. The van der Waals surface area contributed by atoms with Gasteiger partial charge in [0.05, 0.1) is 4.11 Å². The van der Waals surface area contributed by atoms with Crippen LogP contribution >= 0.6 is 0 Å². The van der Waals surface area contributed by atoms with Crippen molar-refractivity contribution < 1.29 is 4.11 Å². The summed E-state index contributed by atoms with van der Waals surface area (Å²) in [5.41, 5.74) is 0.519. The summed E-state index contributed by atoms with van der Waals surface area (Å²) in [6.07, 6.45) is 3.57. The molecule has 54 valence electrons. The minimum atomic E-state index is 0.205.